The second-order valence-corrected chi connectivity index (χ2v) is 9.17. The third-order valence-electron chi connectivity index (χ3n) is 4.05. The Kier molecular flexibility index (Phi) is 8.57. The second-order valence-electron chi connectivity index (χ2n) is 7.17. The van der Waals surface area contributed by atoms with Crippen molar-refractivity contribution < 1.29 is 13.2 Å². The Morgan fingerprint density at radius 1 is 1.24 bits per heavy atom. The van der Waals surface area contributed by atoms with Crippen molar-refractivity contribution in [3.05, 3.63) is 29.8 Å². The van der Waals surface area contributed by atoms with Gasteiger partial charge in [-0.2, -0.15) is 4.31 Å². The van der Waals surface area contributed by atoms with Gasteiger partial charge in [0.05, 0.1) is 4.90 Å². The number of amides is 1. The van der Waals surface area contributed by atoms with Gasteiger partial charge in [0, 0.05) is 32.2 Å². The van der Waals surface area contributed by atoms with E-state index < -0.39 is 10.0 Å². The molecule has 0 aliphatic heterocycles. The summed E-state index contributed by atoms with van der Waals surface area (Å²) in [5.41, 5.74) is 5.86. The molecule has 0 unspecified atom stereocenters. The number of rotatable bonds is 7. The van der Waals surface area contributed by atoms with Gasteiger partial charge in [-0.25, -0.2) is 8.42 Å². The molecule has 1 aromatic carbocycles. The first kappa shape index (κ1) is 23.9. The summed E-state index contributed by atoms with van der Waals surface area (Å²) in [4.78, 5) is 14.3. The topological polar surface area (TPSA) is 83.7 Å². The molecule has 0 heterocycles. The largest absolute Gasteiger partial charge is 0.341 e. The van der Waals surface area contributed by atoms with Crippen molar-refractivity contribution >= 4 is 28.3 Å². The van der Waals surface area contributed by atoms with Crippen LogP contribution in [0, 0.1) is 5.41 Å². The molecule has 0 bridgehead atoms. The Hall–Kier alpha value is -1.15. The van der Waals surface area contributed by atoms with E-state index in [0.717, 1.165) is 0 Å². The molecule has 0 atom stereocenters. The fraction of sp³-hybridized carbons (Fsp3) is 0.588. The molecule has 0 saturated heterocycles. The van der Waals surface area contributed by atoms with E-state index in [1.54, 1.807) is 37.9 Å². The minimum Gasteiger partial charge on any atom is -0.341 e. The van der Waals surface area contributed by atoms with Crippen LogP contribution in [0.2, 0.25) is 0 Å². The zero-order valence-corrected chi connectivity index (χ0v) is 17.4. The summed E-state index contributed by atoms with van der Waals surface area (Å²) in [7, 11) is -0.389. The van der Waals surface area contributed by atoms with Crippen molar-refractivity contribution in [1.82, 2.24) is 9.21 Å². The molecule has 0 aromatic heterocycles. The van der Waals surface area contributed by atoms with Crippen molar-refractivity contribution in [2.24, 2.45) is 11.1 Å². The van der Waals surface area contributed by atoms with Crippen molar-refractivity contribution in [3.63, 3.8) is 0 Å². The maximum absolute atomic E-state index is 12.6. The fourth-order valence-electron chi connectivity index (χ4n) is 2.23. The van der Waals surface area contributed by atoms with Crippen molar-refractivity contribution in [2.75, 3.05) is 27.2 Å². The van der Waals surface area contributed by atoms with Gasteiger partial charge in [-0.3, -0.25) is 4.79 Å². The van der Waals surface area contributed by atoms with Gasteiger partial charge in [-0.15, -0.1) is 12.4 Å². The standard InChI is InChI=1S/C17H29N3O3S.ClH/c1-13(2)20(6)24(22,23)15-9-7-8-14(10-15)16(21)19(5)12-17(3,4)11-18;/h7-10,13H,11-12,18H2,1-6H3;1H. The van der Waals surface area contributed by atoms with Crippen LogP contribution in [0.4, 0.5) is 0 Å². The van der Waals surface area contributed by atoms with Gasteiger partial charge >= 0.3 is 0 Å². The van der Waals surface area contributed by atoms with E-state index in [1.807, 2.05) is 13.8 Å². The molecule has 6 nitrogen and oxygen atoms in total. The van der Waals surface area contributed by atoms with Gasteiger partial charge in [0.1, 0.15) is 0 Å². The molecule has 1 aromatic rings. The Labute approximate surface area is 157 Å². The molecule has 8 heteroatoms. The number of sulfonamides is 1. The number of halogens is 1. The summed E-state index contributed by atoms with van der Waals surface area (Å²) >= 11 is 0. The van der Waals surface area contributed by atoms with Crippen LogP contribution < -0.4 is 5.73 Å². The SMILES string of the molecule is CC(C)N(C)S(=O)(=O)c1cccc(C(=O)N(C)CC(C)(C)CN)c1.Cl. The summed E-state index contributed by atoms with van der Waals surface area (Å²) in [6, 6.07) is 6.00. The highest BCUT2D eigenvalue weighted by Gasteiger charge is 2.26. The molecular formula is C17H30ClN3O3S. The lowest BCUT2D eigenvalue weighted by Gasteiger charge is -2.29. The van der Waals surface area contributed by atoms with E-state index in [0.29, 0.717) is 18.7 Å². The van der Waals surface area contributed by atoms with Crippen LogP contribution in [0.15, 0.2) is 29.2 Å². The molecule has 0 fully saturated rings. The van der Waals surface area contributed by atoms with E-state index in [2.05, 4.69) is 0 Å². The normalized spacial score (nSPS) is 12.2. The summed E-state index contributed by atoms with van der Waals surface area (Å²) in [5.74, 6) is -0.222. The van der Waals surface area contributed by atoms with Crippen LogP contribution in [0.3, 0.4) is 0 Å². The Morgan fingerprint density at radius 3 is 2.28 bits per heavy atom. The second kappa shape index (κ2) is 8.98. The lowest BCUT2D eigenvalue weighted by molar-refractivity contribution is 0.0740. The predicted octanol–water partition coefficient (Wildman–Crippen LogP) is 2.19. The molecular weight excluding hydrogens is 362 g/mol. The maximum atomic E-state index is 12.6. The highest BCUT2D eigenvalue weighted by atomic mass is 35.5. The monoisotopic (exact) mass is 391 g/mol. The van der Waals surface area contributed by atoms with Crippen molar-refractivity contribution in [3.8, 4) is 0 Å². The van der Waals surface area contributed by atoms with Crippen molar-refractivity contribution in [1.29, 1.82) is 0 Å². The Morgan fingerprint density at radius 2 is 1.80 bits per heavy atom. The summed E-state index contributed by atoms with van der Waals surface area (Å²) in [6.07, 6.45) is 0. The minimum absolute atomic E-state index is 0. The van der Waals surface area contributed by atoms with E-state index in [-0.39, 0.29) is 34.7 Å². The van der Waals surface area contributed by atoms with Gasteiger partial charge in [-0.1, -0.05) is 19.9 Å². The number of carbonyl (C=O) groups excluding carboxylic acids is 1. The third-order valence-corrected chi connectivity index (χ3v) is 6.08. The third kappa shape index (κ3) is 5.95. The van der Waals surface area contributed by atoms with Gasteiger partial charge in [0.25, 0.3) is 5.91 Å². The van der Waals surface area contributed by atoms with E-state index in [9.17, 15) is 13.2 Å². The molecule has 0 aliphatic carbocycles. The Bertz CT molecular complexity index is 690. The average molecular weight is 392 g/mol. The zero-order valence-electron chi connectivity index (χ0n) is 15.8. The van der Waals surface area contributed by atoms with Crippen LogP contribution in [0.25, 0.3) is 0 Å². The number of nitrogens with zero attached hydrogens (tertiary/aromatic N) is 2. The number of carbonyl (C=O) groups is 1. The summed E-state index contributed by atoms with van der Waals surface area (Å²) in [6.45, 7) is 8.51. The van der Waals surface area contributed by atoms with Gasteiger partial charge in [0.2, 0.25) is 10.0 Å². The molecule has 0 radical (unpaired) electrons. The fourth-order valence-corrected chi connectivity index (χ4v) is 3.65. The van der Waals surface area contributed by atoms with Gasteiger partial charge < -0.3 is 10.6 Å². The highest BCUT2D eigenvalue weighted by Crippen LogP contribution is 2.20. The summed E-state index contributed by atoms with van der Waals surface area (Å²) < 4.78 is 26.4. The predicted molar refractivity (Wildman–Crippen MR) is 104 cm³/mol. The molecule has 144 valence electrons. The number of hydrogen-bond acceptors (Lipinski definition) is 4. The van der Waals surface area contributed by atoms with Crippen LogP contribution >= 0.6 is 12.4 Å². The summed E-state index contributed by atoms with van der Waals surface area (Å²) in [5, 5.41) is 0. The number of hydrogen-bond donors (Lipinski definition) is 1. The maximum Gasteiger partial charge on any atom is 0.253 e. The zero-order chi connectivity index (χ0) is 18.7. The van der Waals surface area contributed by atoms with Crippen LogP contribution in [0.1, 0.15) is 38.1 Å². The smallest absolute Gasteiger partial charge is 0.253 e. The molecule has 0 aliphatic rings. The molecule has 2 N–H and O–H groups in total. The Balaban J connectivity index is 0.00000576. The van der Waals surface area contributed by atoms with E-state index >= 15 is 0 Å². The highest BCUT2D eigenvalue weighted by molar-refractivity contribution is 7.89. The van der Waals surface area contributed by atoms with Crippen LogP contribution in [0.5, 0.6) is 0 Å². The van der Waals surface area contributed by atoms with Gasteiger partial charge in [-0.05, 0) is 44.0 Å². The first-order valence-corrected chi connectivity index (χ1v) is 9.40. The first-order chi connectivity index (χ1) is 10.9. The molecule has 25 heavy (non-hydrogen) atoms. The van der Waals surface area contributed by atoms with E-state index in [1.165, 1.54) is 23.5 Å². The van der Waals surface area contributed by atoms with Crippen molar-refractivity contribution in [2.45, 2.75) is 38.6 Å². The number of benzene rings is 1. The minimum atomic E-state index is -3.62. The first-order valence-electron chi connectivity index (χ1n) is 7.96. The quantitative estimate of drug-likeness (QED) is 0.772. The van der Waals surface area contributed by atoms with Crippen LogP contribution in [-0.2, 0) is 10.0 Å². The lowest BCUT2D eigenvalue weighted by atomic mass is 9.93. The molecule has 1 amide bonds. The molecule has 0 spiro atoms. The average Bonchev–Trinajstić information content (AvgIpc) is 2.52. The molecule has 1 rings (SSSR count). The van der Waals surface area contributed by atoms with Crippen LogP contribution in [-0.4, -0.2) is 56.8 Å². The lowest BCUT2D eigenvalue weighted by Crippen LogP contribution is -2.39. The van der Waals surface area contributed by atoms with Gasteiger partial charge in [0.15, 0.2) is 0 Å². The molecule has 0 saturated carbocycles. The van der Waals surface area contributed by atoms with E-state index in [4.69, 9.17) is 5.73 Å². The number of nitrogens with two attached hydrogens (primary N) is 1.